The molecule has 0 bridgehead atoms. The van der Waals surface area contributed by atoms with E-state index in [9.17, 15) is 5.11 Å². The fourth-order valence-electron chi connectivity index (χ4n) is 2.50. The fraction of sp³-hybridized carbons (Fsp3) is 0.600. The molecule has 1 aromatic carbocycles. The number of rotatable bonds is 5. The number of halogens is 1. The summed E-state index contributed by atoms with van der Waals surface area (Å²) in [5.74, 6) is 0. The maximum absolute atomic E-state index is 10.5. The molecular formula is C15H22BrNO2. The monoisotopic (exact) mass is 327 g/mol. The van der Waals surface area contributed by atoms with Crippen LogP contribution in [0.15, 0.2) is 28.7 Å². The van der Waals surface area contributed by atoms with Crippen LogP contribution < -0.4 is 5.32 Å². The molecule has 0 amide bonds. The lowest BCUT2D eigenvalue weighted by Crippen LogP contribution is -2.46. The average Bonchev–Trinajstić information content (AvgIpc) is 2.73. The highest BCUT2D eigenvalue weighted by Gasteiger charge is 2.39. The van der Waals surface area contributed by atoms with Gasteiger partial charge in [-0.1, -0.05) is 35.0 Å². The molecule has 3 unspecified atom stereocenters. The number of benzene rings is 1. The summed E-state index contributed by atoms with van der Waals surface area (Å²) in [6.45, 7) is 5.31. The predicted octanol–water partition coefficient (Wildman–Crippen LogP) is 3.03. The van der Waals surface area contributed by atoms with Gasteiger partial charge in [0.1, 0.15) is 5.60 Å². The summed E-state index contributed by atoms with van der Waals surface area (Å²) >= 11 is 3.45. The van der Waals surface area contributed by atoms with Gasteiger partial charge in [-0.25, -0.2) is 0 Å². The highest BCUT2D eigenvalue weighted by molar-refractivity contribution is 9.10. The second kappa shape index (κ2) is 6.35. The van der Waals surface area contributed by atoms with Crippen molar-refractivity contribution in [1.29, 1.82) is 0 Å². The maximum Gasteiger partial charge on any atom is 0.105 e. The standard InChI is InChI=1S/C15H22BrNO2/c1-3-14(12-4-6-13(16)7-5-12)17-10-15(18)8-9-19-11(15)2/h4-7,11,14,17-18H,3,8-10H2,1-2H3. The lowest BCUT2D eigenvalue weighted by Gasteiger charge is -2.29. The van der Waals surface area contributed by atoms with E-state index in [0.29, 0.717) is 19.6 Å². The Bertz CT molecular complexity index is 409. The van der Waals surface area contributed by atoms with E-state index in [1.165, 1.54) is 5.56 Å². The molecular weight excluding hydrogens is 306 g/mol. The lowest BCUT2D eigenvalue weighted by molar-refractivity contribution is -0.0277. The van der Waals surface area contributed by atoms with E-state index in [-0.39, 0.29) is 12.1 Å². The van der Waals surface area contributed by atoms with Crippen LogP contribution in [0.25, 0.3) is 0 Å². The molecule has 3 atom stereocenters. The zero-order chi connectivity index (χ0) is 13.9. The van der Waals surface area contributed by atoms with Crippen LogP contribution in [0.5, 0.6) is 0 Å². The Morgan fingerprint density at radius 2 is 2.16 bits per heavy atom. The Morgan fingerprint density at radius 1 is 1.47 bits per heavy atom. The summed E-state index contributed by atoms with van der Waals surface area (Å²) in [5.41, 5.74) is 0.517. The molecule has 0 radical (unpaired) electrons. The molecule has 0 spiro atoms. The molecule has 1 aliphatic heterocycles. The van der Waals surface area contributed by atoms with Gasteiger partial charge in [0, 0.05) is 30.1 Å². The topological polar surface area (TPSA) is 41.5 Å². The molecule has 106 valence electrons. The second-order valence-electron chi connectivity index (χ2n) is 5.26. The van der Waals surface area contributed by atoms with E-state index < -0.39 is 5.60 Å². The minimum atomic E-state index is -0.733. The van der Waals surface area contributed by atoms with E-state index in [1.54, 1.807) is 0 Å². The van der Waals surface area contributed by atoms with Crippen LogP contribution >= 0.6 is 15.9 Å². The number of hydrogen-bond acceptors (Lipinski definition) is 3. The van der Waals surface area contributed by atoms with Gasteiger partial charge in [0.05, 0.1) is 6.10 Å². The van der Waals surface area contributed by atoms with Gasteiger partial charge >= 0.3 is 0 Å². The van der Waals surface area contributed by atoms with Crippen molar-refractivity contribution in [2.45, 2.75) is 44.4 Å². The first-order valence-electron chi connectivity index (χ1n) is 6.88. The van der Waals surface area contributed by atoms with Crippen molar-refractivity contribution in [3.63, 3.8) is 0 Å². The summed E-state index contributed by atoms with van der Waals surface area (Å²) in [4.78, 5) is 0. The van der Waals surface area contributed by atoms with Crippen LogP contribution in [0.3, 0.4) is 0 Å². The summed E-state index contributed by atoms with van der Waals surface area (Å²) in [6, 6.07) is 8.60. The first kappa shape index (κ1) is 15.0. The van der Waals surface area contributed by atoms with Crippen molar-refractivity contribution in [2.24, 2.45) is 0 Å². The van der Waals surface area contributed by atoms with Crippen molar-refractivity contribution in [3.05, 3.63) is 34.3 Å². The van der Waals surface area contributed by atoms with Crippen LogP contribution in [0.4, 0.5) is 0 Å². The molecule has 2 N–H and O–H groups in total. The summed E-state index contributed by atoms with van der Waals surface area (Å²) in [7, 11) is 0. The molecule has 0 aromatic heterocycles. The molecule has 1 aromatic rings. The Hall–Kier alpha value is -0.420. The molecule has 1 heterocycles. The number of aliphatic hydroxyl groups is 1. The van der Waals surface area contributed by atoms with E-state index >= 15 is 0 Å². The van der Waals surface area contributed by atoms with Crippen molar-refractivity contribution < 1.29 is 9.84 Å². The molecule has 4 heteroatoms. The van der Waals surface area contributed by atoms with E-state index in [4.69, 9.17) is 4.74 Å². The van der Waals surface area contributed by atoms with Crippen LogP contribution in [0, 0.1) is 0 Å². The average molecular weight is 328 g/mol. The van der Waals surface area contributed by atoms with Crippen LogP contribution in [0.1, 0.15) is 38.3 Å². The van der Waals surface area contributed by atoms with Gasteiger partial charge in [0.15, 0.2) is 0 Å². The lowest BCUT2D eigenvalue weighted by atomic mass is 9.95. The van der Waals surface area contributed by atoms with Crippen molar-refractivity contribution >= 4 is 15.9 Å². The largest absolute Gasteiger partial charge is 0.386 e. The smallest absolute Gasteiger partial charge is 0.105 e. The molecule has 0 aliphatic carbocycles. The van der Waals surface area contributed by atoms with Crippen molar-refractivity contribution in [2.75, 3.05) is 13.2 Å². The quantitative estimate of drug-likeness (QED) is 0.873. The third-order valence-corrected chi connectivity index (χ3v) is 4.52. The van der Waals surface area contributed by atoms with Crippen molar-refractivity contribution in [3.8, 4) is 0 Å². The van der Waals surface area contributed by atoms with Crippen LogP contribution in [0.2, 0.25) is 0 Å². The zero-order valence-corrected chi connectivity index (χ0v) is 13.1. The Morgan fingerprint density at radius 3 is 2.68 bits per heavy atom. The number of nitrogens with one attached hydrogen (secondary N) is 1. The number of hydrogen-bond donors (Lipinski definition) is 2. The molecule has 1 fully saturated rings. The van der Waals surface area contributed by atoms with E-state index in [1.807, 2.05) is 6.92 Å². The summed E-state index contributed by atoms with van der Waals surface area (Å²) < 4.78 is 6.55. The highest BCUT2D eigenvalue weighted by atomic mass is 79.9. The summed E-state index contributed by atoms with van der Waals surface area (Å²) in [6.07, 6.45) is 1.60. The highest BCUT2D eigenvalue weighted by Crippen LogP contribution is 2.26. The van der Waals surface area contributed by atoms with Gasteiger partial charge < -0.3 is 15.2 Å². The Labute approximate surface area is 123 Å². The first-order chi connectivity index (χ1) is 9.05. The molecule has 1 saturated heterocycles. The second-order valence-corrected chi connectivity index (χ2v) is 6.18. The molecule has 19 heavy (non-hydrogen) atoms. The fourth-order valence-corrected chi connectivity index (χ4v) is 2.76. The molecule has 1 aliphatic rings. The van der Waals surface area contributed by atoms with Gasteiger partial charge in [-0.15, -0.1) is 0 Å². The first-order valence-corrected chi connectivity index (χ1v) is 7.67. The van der Waals surface area contributed by atoms with Crippen molar-refractivity contribution in [1.82, 2.24) is 5.32 Å². The van der Waals surface area contributed by atoms with Gasteiger partial charge in [-0.2, -0.15) is 0 Å². The van der Waals surface area contributed by atoms with Gasteiger partial charge in [-0.3, -0.25) is 0 Å². The third-order valence-electron chi connectivity index (χ3n) is 3.99. The predicted molar refractivity (Wildman–Crippen MR) is 80.2 cm³/mol. The van der Waals surface area contributed by atoms with Gasteiger partial charge in [-0.05, 0) is 31.0 Å². The normalized spacial score (nSPS) is 28.5. The zero-order valence-electron chi connectivity index (χ0n) is 11.5. The minimum Gasteiger partial charge on any atom is -0.386 e. The maximum atomic E-state index is 10.5. The summed E-state index contributed by atoms with van der Waals surface area (Å²) in [5, 5.41) is 14.0. The van der Waals surface area contributed by atoms with Crippen LogP contribution in [-0.2, 0) is 4.74 Å². The molecule has 2 rings (SSSR count). The molecule has 3 nitrogen and oxygen atoms in total. The Kier molecular flexibility index (Phi) is 5.01. The Balaban J connectivity index is 1.98. The third kappa shape index (κ3) is 3.57. The van der Waals surface area contributed by atoms with Gasteiger partial charge in [0.2, 0.25) is 0 Å². The minimum absolute atomic E-state index is 0.0950. The molecule has 0 saturated carbocycles. The van der Waals surface area contributed by atoms with Crippen LogP contribution in [-0.4, -0.2) is 30.0 Å². The number of ether oxygens (including phenoxy) is 1. The van der Waals surface area contributed by atoms with E-state index in [0.717, 1.165) is 10.9 Å². The van der Waals surface area contributed by atoms with E-state index in [2.05, 4.69) is 52.4 Å². The SMILES string of the molecule is CCC(NCC1(O)CCOC1C)c1ccc(Br)cc1. The van der Waals surface area contributed by atoms with Gasteiger partial charge in [0.25, 0.3) is 0 Å².